The van der Waals surface area contributed by atoms with E-state index in [9.17, 15) is 14.4 Å². The van der Waals surface area contributed by atoms with Crippen molar-refractivity contribution in [3.8, 4) is 10.6 Å². The molecular formula is C21H21N9O3S. The molecule has 0 bridgehead atoms. The summed E-state index contributed by atoms with van der Waals surface area (Å²) in [5.74, 6) is 2.38. The predicted molar refractivity (Wildman–Crippen MR) is 126 cm³/mol. The number of amides is 1. The van der Waals surface area contributed by atoms with Gasteiger partial charge in [0.1, 0.15) is 16.9 Å². The summed E-state index contributed by atoms with van der Waals surface area (Å²) in [6.45, 7) is 3.71. The van der Waals surface area contributed by atoms with E-state index >= 15 is 0 Å². The van der Waals surface area contributed by atoms with Crippen LogP contribution in [0.1, 0.15) is 19.4 Å². The van der Waals surface area contributed by atoms with Crippen LogP contribution in [0.15, 0.2) is 33.7 Å². The van der Waals surface area contributed by atoms with Crippen molar-refractivity contribution >= 4 is 40.2 Å². The Morgan fingerprint density at radius 1 is 1.21 bits per heavy atom. The third-order valence-electron chi connectivity index (χ3n) is 6.53. The summed E-state index contributed by atoms with van der Waals surface area (Å²) < 4.78 is 2.66. The molecule has 0 spiro atoms. The fourth-order valence-electron chi connectivity index (χ4n) is 4.42. The Labute approximate surface area is 196 Å². The lowest BCUT2D eigenvalue weighted by Gasteiger charge is -2.17. The first-order valence-corrected chi connectivity index (χ1v) is 11.8. The summed E-state index contributed by atoms with van der Waals surface area (Å²) in [6, 6.07) is -0.761. The van der Waals surface area contributed by atoms with Crippen LogP contribution >= 0.6 is 11.3 Å². The molecule has 4 aromatic rings. The van der Waals surface area contributed by atoms with E-state index in [2.05, 4.69) is 35.1 Å². The van der Waals surface area contributed by atoms with Crippen LogP contribution in [0.5, 0.6) is 0 Å². The number of carbonyl (C=O) groups excluding carboxylic acids is 1. The minimum atomic E-state index is -0.761. The summed E-state index contributed by atoms with van der Waals surface area (Å²) >= 11 is 1.38. The van der Waals surface area contributed by atoms with Crippen LogP contribution in [-0.4, -0.2) is 53.1 Å². The summed E-state index contributed by atoms with van der Waals surface area (Å²) in [7, 11) is 1.50. The van der Waals surface area contributed by atoms with Gasteiger partial charge in [0, 0.05) is 43.5 Å². The van der Waals surface area contributed by atoms with E-state index in [1.807, 2.05) is 0 Å². The lowest BCUT2D eigenvalue weighted by atomic mass is 10.3. The molecule has 1 saturated heterocycles. The number of nitrogens with zero attached hydrogens (tertiary/aromatic N) is 7. The fourth-order valence-corrected chi connectivity index (χ4v) is 5.15. The number of thiazole rings is 1. The third-order valence-corrected chi connectivity index (χ3v) is 7.42. The van der Waals surface area contributed by atoms with Gasteiger partial charge in [-0.05, 0) is 25.2 Å². The Morgan fingerprint density at radius 2 is 1.94 bits per heavy atom. The summed E-state index contributed by atoms with van der Waals surface area (Å²) in [4.78, 5) is 59.1. The molecule has 0 aromatic carbocycles. The Balaban J connectivity index is 1.18. The highest BCUT2D eigenvalue weighted by molar-refractivity contribution is 7.13. The Hall–Kier alpha value is -3.87. The molecule has 1 saturated carbocycles. The van der Waals surface area contributed by atoms with Crippen molar-refractivity contribution in [3.05, 3.63) is 44.9 Å². The zero-order chi connectivity index (χ0) is 23.6. The minimum absolute atomic E-state index is 0.149. The molecule has 3 atom stereocenters. The second kappa shape index (κ2) is 7.58. The highest BCUT2D eigenvalue weighted by Gasteiger charge is 2.45. The molecule has 174 valence electrons. The quantitative estimate of drug-likeness (QED) is 0.431. The van der Waals surface area contributed by atoms with Crippen LogP contribution in [0.4, 0.5) is 11.8 Å². The zero-order valence-electron chi connectivity index (χ0n) is 18.4. The van der Waals surface area contributed by atoms with Gasteiger partial charge >= 0.3 is 5.69 Å². The number of hydrogen-bond donors (Lipinski definition) is 2. The number of aromatic amines is 1. The monoisotopic (exact) mass is 479 g/mol. The number of anilines is 2. The maximum atomic E-state index is 12.9. The van der Waals surface area contributed by atoms with Gasteiger partial charge in [-0.3, -0.25) is 19.1 Å². The van der Waals surface area contributed by atoms with Gasteiger partial charge in [0.05, 0.1) is 6.33 Å². The largest absolute Gasteiger partial charge is 0.340 e. The second-order valence-corrected chi connectivity index (χ2v) is 9.64. The van der Waals surface area contributed by atoms with Gasteiger partial charge in [0.2, 0.25) is 11.9 Å². The summed E-state index contributed by atoms with van der Waals surface area (Å²) in [5.41, 5.74) is -0.0285. The summed E-state index contributed by atoms with van der Waals surface area (Å²) in [6.07, 6.45) is 6.22. The molecule has 1 aliphatic carbocycles. The number of aryl methyl sites for hydroxylation is 1. The smallest absolute Gasteiger partial charge is 0.329 e. The Bertz CT molecular complexity index is 1520. The van der Waals surface area contributed by atoms with Crippen LogP contribution in [0, 0.1) is 11.8 Å². The molecule has 12 nitrogen and oxygen atoms in total. The lowest BCUT2D eigenvalue weighted by Crippen LogP contribution is -2.31. The molecule has 13 heteroatoms. The number of H-pyrrole nitrogens is 1. The van der Waals surface area contributed by atoms with Crippen molar-refractivity contribution in [2.24, 2.45) is 18.9 Å². The van der Waals surface area contributed by atoms with E-state index < -0.39 is 17.3 Å². The number of piperidine rings is 1. The predicted octanol–water partition coefficient (Wildman–Crippen LogP) is 0.993. The SMILES string of the molecule is CC(C(=O)Nc1csc(-c2cnc(N3CC4CC4C3)nc2)n1)n1cnc2c1c(=O)[nH]c(=O)n2C. The van der Waals surface area contributed by atoms with E-state index in [1.165, 1.54) is 40.3 Å². The molecule has 5 heterocycles. The molecule has 2 fully saturated rings. The molecule has 1 aliphatic heterocycles. The van der Waals surface area contributed by atoms with Crippen LogP contribution in [0.25, 0.3) is 21.7 Å². The maximum Gasteiger partial charge on any atom is 0.329 e. The fraction of sp³-hybridized carbons (Fsp3) is 0.381. The topological polar surface area (TPSA) is 144 Å². The van der Waals surface area contributed by atoms with Gasteiger partial charge in [0.15, 0.2) is 11.2 Å². The Kier molecular flexibility index (Phi) is 4.62. The maximum absolute atomic E-state index is 12.9. The Morgan fingerprint density at radius 3 is 2.68 bits per heavy atom. The van der Waals surface area contributed by atoms with E-state index in [-0.39, 0.29) is 17.1 Å². The molecule has 2 aliphatic rings. The first-order chi connectivity index (χ1) is 16.4. The zero-order valence-corrected chi connectivity index (χ0v) is 19.2. The molecule has 34 heavy (non-hydrogen) atoms. The molecule has 2 N–H and O–H groups in total. The van der Waals surface area contributed by atoms with Gasteiger partial charge in [-0.25, -0.2) is 24.7 Å². The third kappa shape index (κ3) is 3.39. The van der Waals surface area contributed by atoms with Crippen LogP contribution in [0.2, 0.25) is 0 Å². The number of rotatable bonds is 5. The van der Waals surface area contributed by atoms with Gasteiger partial charge in [0.25, 0.3) is 5.56 Å². The van der Waals surface area contributed by atoms with Gasteiger partial charge in [-0.1, -0.05) is 0 Å². The van der Waals surface area contributed by atoms with Crippen molar-refractivity contribution in [3.63, 3.8) is 0 Å². The van der Waals surface area contributed by atoms with Crippen LogP contribution in [0.3, 0.4) is 0 Å². The first kappa shape index (κ1) is 20.7. The van der Waals surface area contributed by atoms with Crippen molar-refractivity contribution < 1.29 is 4.79 Å². The average molecular weight is 480 g/mol. The van der Waals surface area contributed by atoms with Crippen molar-refractivity contribution in [1.82, 2.24) is 34.1 Å². The van der Waals surface area contributed by atoms with Gasteiger partial charge < -0.3 is 14.8 Å². The molecule has 0 radical (unpaired) electrons. The highest BCUT2D eigenvalue weighted by Crippen LogP contribution is 2.45. The van der Waals surface area contributed by atoms with Crippen LogP contribution in [-0.2, 0) is 11.8 Å². The molecule has 3 unspecified atom stereocenters. The summed E-state index contributed by atoms with van der Waals surface area (Å²) in [5, 5.41) is 5.21. The second-order valence-electron chi connectivity index (χ2n) is 8.78. The van der Waals surface area contributed by atoms with E-state index in [4.69, 9.17) is 0 Å². The number of hydrogen-bond acceptors (Lipinski definition) is 9. The van der Waals surface area contributed by atoms with Crippen molar-refractivity contribution in [2.75, 3.05) is 23.3 Å². The lowest BCUT2D eigenvalue weighted by molar-refractivity contribution is -0.118. The molecular weight excluding hydrogens is 458 g/mol. The molecule has 1 amide bonds. The standard InChI is InChI=1S/C21H21N9O3S/c1-10(30-9-24-16-15(30)18(32)27-21(33)28(16)2)17(31)25-14-8-34-19(26-14)13-4-22-20(23-5-13)29-6-11-3-12(11)7-29/h4-5,8-12H,3,6-7H2,1-2H3,(H,25,31)(H,27,32,33). The van der Waals surface area contributed by atoms with Crippen LogP contribution < -0.4 is 21.5 Å². The van der Waals surface area contributed by atoms with Crippen molar-refractivity contribution in [1.29, 1.82) is 0 Å². The number of fused-ring (bicyclic) bond motifs is 2. The van der Waals surface area contributed by atoms with E-state index in [1.54, 1.807) is 24.7 Å². The normalized spacial score (nSPS) is 19.9. The van der Waals surface area contributed by atoms with Crippen molar-refractivity contribution in [2.45, 2.75) is 19.4 Å². The molecule has 6 rings (SSSR count). The molecule has 4 aromatic heterocycles. The van der Waals surface area contributed by atoms with Gasteiger partial charge in [-0.15, -0.1) is 11.3 Å². The first-order valence-electron chi connectivity index (χ1n) is 10.9. The minimum Gasteiger partial charge on any atom is -0.340 e. The van der Waals surface area contributed by atoms with E-state index in [0.29, 0.717) is 10.8 Å². The average Bonchev–Trinajstić information content (AvgIpc) is 3.23. The number of nitrogens with one attached hydrogen (secondary N) is 2. The number of imidazole rings is 1. The number of aromatic nitrogens is 7. The number of carbonyl (C=O) groups is 1. The highest BCUT2D eigenvalue weighted by atomic mass is 32.1. The van der Waals surface area contributed by atoms with Gasteiger partial charge in [-0.2, -0.15) is 0 Å². The van der Waals surface area contributed by atoms with E-state index in [0.717, 1.165) is 36.4 Å².